The van der Waals surface area contributed by atoms with Crippen LogP contribution in [0, 0.1) is 5.92 Å². The van der Waals surface area contributed by atoms with Crippen molar-refractivity contribution in [1.29, 1.82) is 0 Å². The first kappa shape index (κ1) is 25.8. The Morgan fingerprint density at radius 1 is 1.03 bits per heavy atom. The molecule has 0 aliphatic heterocycles. The molecule has 0 saturated heterocycles. The van der Waals surface area contributed by atoms with Crippen molar-refractivity contribution in [3.63, 3.8) is 0 Å². The normalized spacial score (nSPS) is 13.8. The van der Waals surface area contributed by atoms with Crippen LogP contribution in [-0.4, -0.2) is 70.2 Å². The highest BCUT2D eigenvalue weighted by atomic mass is 16.4. The van der Waals surface area contributed by atoms with Gasteiger partial charge in [0.05, 0.1) is 12.6 Å². The number of para-hydroxylation sites is 1. The molecule has 1 aromatic carbocycles. The van der Waals surface area contributed by atoms with Crippen LogP contribution in [0.5, 0.6) is 0 Å². The van der Waals surface area contributed by atoms with Crippen molar-refractivity contribution in [2.45, 2.75) is 44.8 Å². The van der Waals surface area contributed by atoms with E-state index in [9.17, 15) is 24.3 Å². The van der Waals surface area contributed by atoms with Crippen LogP contribution in [0.1, 0.15) is 25.8 Å². The van der Waals surface area contributed by atoms with Gasteiger partial charge in [0, 0.05) is 17.1 Å². The summed E-state index contributed by atoms with van der Waals surface area (Å²) in [5.41, 5.74) is 7.90. The standard InChI is InChI=1S/C22H31N5O6/c1-12(2)7-17(22(33)27-18(11-28)21(32)25-10-19(29)30)26-20(31)15(23)8-13-9-24-16-6-4-3-5-14(13)16/h3-6,9,12,15,17-18,24,28H,7-8,10-11,23H2,1-2H3,(H,25,32)(H,26,31)(H,27,33)(H,29,30). The average molecular weight is 462 g/mol. The van der Waals surface area contributed by atoms with Gasteiger partial charge in [0.1, 0.15) is 18.6 Å². The lowest BCUT2D eigenvalue weighted by atomic mass is 10.0. The Labute approximate surface area is 191 Å². The lowest BCUT2D eigenvalue weighted by Gasteiger charge is -2.24. The van der Waals surface area contributed by atoms with Gasteiger partial charge in [0.2, 0.25) is 17.7 Å². The van der Waals surface area contributed by atoms with Crippen molar-refractivity contribution in [2.75, 3.05) is 13.2 Å². The summed E-state index contributed by atoms with van der Waals surface area (Å²) in [4.78, 5) is 51.3. The van der Waals surface area contributed by atoms with Crippen LogP contribution in [0.2, 0.25) is 0 Å². The SMILES string of the molecule is CC(C)CC(NC(=O)C(N)Cc1c[nH]c2ccccc12)C(=O)NC(CO)C(=O)NCC(=O)O. The van der Waals surface area contributed by atoms with Crippen LogP contribution >= 0.6 is 0 Å². The van der Waals surface area contributed by atoms with Crippen molar-refractivity contribution in [3.8, 4) is 0 Å². The number of nitrogens with one attached hydrogen (secondary N) is 4. The quantitative estimate of drug-likeness (QED) is 0.216. The number of hydrogen-bond donors (Lipinski definition) is 7. The number of fused-ring (bicyclic) bond motifs is 1. The third kappa shape index (κ3) is 7.58. The van der Waals surface area contributed by atoms with E-state index in [0.29, 0.717) is 0 Å². The maximum absolute atomic E-state index is 12.8. The van der Waals surface area contributed by atoms with Gasteiger partial charge in [-0.3, -0.25) is 19.2 Å². The lowest BCUT2D eigenvalue weighted by Crippen LogP contribution is -2.57. The van der Waals surface area contributed by atoms with Crippen molar-refractivity contribution in [1.82, 2.24) is 20.9 Å². The van der Waals surface area contributed by atoms with Crippen LogP contribution in [0.25, 0.3) is 10.9 Å². The second kappa shape index (κ2) is 12.0. The number of carbonyl (C=O) groups excluding carboxylic acids is 3. The number of aromatic nitrogens is 1. The largest absolute Gasteiger partial charge is 0.480 e. The minimum atomic E-state index is -1.36. The molecule has 0 fully saturated rings. The van der Waals surface area contributed by atoms with Gasteiger partial charge in [0.25, 0.3) is 0 Å². The summed E-state index contributed by atoms with van der Waals surface area (Å²) >= 11 is 0. The maximum Gasteiger partial charge on any atom is 0.322 e. The Bertz CT molecular complexity index is 989. The van der Waals surface area contributed by atoms with Gasteiger partial charge in [-0.25, -0.2) is 0 Å². The van der Waals surface area contributed by atoms with E-state index in [-0.39, 0.29) is 18.8 Å². The van der Waals surface area contributed by atoms with E-state index in [4.69, 9.17) is 10.8 Å². The summed E-state index contributed by atoms with van der Waals surface area (Å²) in [5, 5.41) is 26.1. The summed E-state index contributed by atoms with van der Waals surface area (Å²) in [6.45, 7) is 2.34. The third-order valence-corrected chi connectivity index (χ3v) is 5.02. The monoisotopic (exact) mass is 461 g/mol. The number of aliphatic hydroxyl groups is 1. The zero-order valence-corrected chi connectivity index (χ0v) is 18.6. The fourth-order valence-corrected chi connectivity index (χ4v) is 3.36. The molecule has 11 nitrogen and oxygen atoms in total. The zero-order valence-electron chi connectivity index (χ0n) is 18.6. The lowest BCUT2D eigenvalue weighted by molar-refractivity contribution is -0.139. The first-order valence-electron chi connectivity index (χ1n) is 10.6. The highest BCUT2D eigenvalue weighted by Crippen LogP contribution is 2.19. The van der Waals surface area contributed by atoms with Crippen LogP contribution in [0.4, 0.5) is 0 Å². The van der Waals surface area contributed by atoms with Crippen LogP contribution in [-0.2, 0) is 25.6 Å². The van der Waals surface area contributed by atoms with E-state index < -0.39 is 55.0 Å². The summed E-state index contributed by atoms with van der Waals surface area (Å²) in [7, 11) is 0. The Morgan fingerprint density at radius 2 is 1.70 bits per heavy atom. The minimum absolute atomic E-state index is 0.0271. The van der Waals surface area contributed by atoms with Gasteiger partial charge >= 0.3 is 5.97 Å². The number of carbonyl (C=O) groups is 4. The van der Waals surface area contributed by atoms with Crippen molar-refractivity contribution in [2.24, 2.45) is 11.7 Å². The number of amides is 3. The van der Waals surface area contributed by atoms with E-state index in [1.807, 2.05) is 38.1 Å². The van der Waals surface area contributed by atoms with E-state index in [2.05, 4.69) is 20.9 Å². The van der Waals surface area contributed by atoms with Crippen LogP contribution in [0.3, 0.4) is 0 Å². The van der Waals surface area contributed by atoms with Crippen LogP contribution < -0.4 is 21.7 Å². The highest BCUT2D eigenvalue weighted by Gasteiger charge is 2.28. The molecule has 11 heteroatoms. The fraction of sp³-hybridized carbons (Fsp3) is 0.455. The molecule has 0 radical (unpaired) electrons. The molecule has 180 valence electrons. The molecule has 3 amide bonds. The second-order valence-electron chi connectivity index (χ2n) is 8.22. The number of nitrogens with two attached hydrogens (primary N) is 1. The van der Waals surface area contributed by atoms with E-state index in [1.54, 1.807) is 6.20 Å². The van der Waals surface area contributed by atoms with Crippen LogP contribution in [0.15, 0.2) is 30.5 Å². The molecule has 0 saturated carbocycles. The fourth-order valence-electron chi connectivity index (χ4n) is 3.36. The predicted octanol–water partition coefficient (Wildman–Crippen LogP) is -0.753. The van der Waals surface area contributed by atoms with Gasteiger partial charge in [-0.15, -0.1) is 0 Å². The summed E-state index contributed by atoms with van der Waals surface area (Å²) in [6.07, 6.45) is 2.31. The first-order valence-corrected chi connectivity index (χ1v) is 10.6. The Hall–Kier alpha value is -3.44. The van der Waals surface area contributed by atoms with E-state index in [1.165, 1.54) is 0 Å². The molecule has 33 heavy (non-hydrogen) atoms. The number of H-pyrrole nitrogens is 1. The second-order valence-corrected chi connectivity index (χ2v) is 8.22. The number of benzene rings is 1. The van der Waals surface area contributed by atoms with E-state index in [0.717, 1.165) is 16.5 Å². The van der Waals surface area contributed by atoms with E-state index >= 15 is 0 Å². The molecule has 8 N–H and O–H groups in total. The zero-order chi connectivity index (χ0) is 24.5. The molecule has 0 spiro atoms. The molecular formula is C22H31N5O6. The molecule has 3 unspecified atom stereocenters. The number of aliphatic hydroxyl groups excluding tert-OH is 1. The number of aliphatic carboxylic acids is 1. The molecule has 0 bridgehead atoms. The summed E-state index contributed by atoms with van der Waals surface area (Å²) in [6, 6.07) is 4.35. The average Bonchev–Trinajstić information content (AvgIpc) is 3.17. The maximum atomic E-state index is 12.8. The van der Waals surface area contributed by atoms with Crippen molar-refractivity contribution < 1.29 is 29.4 Å². The molecule has 2 rings (SSSR count). The minimum Gasteiger partial charge on any atom is -0.480 e. The molecule has 1 aromatic heterocycles. The number of carboxylic acids is 1. The van der Waals surface area contributed by atoms with Gasteiger partial charge in [0.15, 0.2) is 0 Å². The number of rotatable bonds is 12. The molecule has 0 aliphatic rings. The Kier molecular flexibility index (Phi) is 9.37. The molecule has 1 heterocycles. The number of carboxylic acid groups (broad SMARTS) is 1. The van der Waals surface area contributed by atoms with Crippen molar-refractivity contribution >= 4 is 34.6 Å². The Morgan fingerprint density at radius 3 is 2.33 bits per heavy atom. The predicted molar refractivity (Wildman–Crippen MR) is 121 cm³/mol. The van der Waals surface area contributed by atoms with Gasteiger partial charge in [-0.2, -0.15) is 0 Å². The number of aromatic amines is 1. The van der Waals surface area contributed by atoms with Gasteiger partial charge < -0.3 is 36.9 Å². The smallest absolute Gasteiger partial charge is 0.322 e. The third-order valence-electron chi connectivity index (χ3n) is 5.02. The highest BCUT2D eigenvalue weighted by molar-refractivity contribution is 5.94. The molecule has 2 aromatic rings. The van der Waals surface area contributed by atoms with Crippen molar-refractivity contribution in [3.05, 3.63) is 36.0 Å². The first-order chi connectivity index (χ1) is 15.6. The van der Waals surface area contributed by atoms with Gasteiger partial charge in [-0.05, 0) is 30.4 Å². The Balaban J connectivity index is 2.03. The molecular weight excluding hydrogens is 430 g/mol. The van der Waals surface area contributed by atoms with Gasteiger partial charge in [-0.1, -0.05) is 32.0 Å². The molecule has 3 atom stereocenters. The summed E-state index contributed by atoms with van der Waals surface area (Å²) in [5.74, 6) is -3.29. The number of hydrogen-bond acceptors (Lipinski definition) is 6. The molecule has 0 aliphatic carbocycles. The summed E-state index contributed by atoms with van der Waals surface area (Å²) < 4.78 is 0. The topological polar surface area (TPSA) is 187 Å².